The highest BCUT2D eigenvalue weighted by Gasteiger charge is 2.12. The van der Waals surface area contributed by atoms with E-state index >= 15 is 0 Å². The topological polar surface area (TPSA) is 49.3 Å². The van der Waals surface area contributed by atoms with E-state index in [-0.39, 0.29) is 10.9 Å². The van der Waals surface area contributed by atoms with Crippen LogP contribution in [0.1, 0.15) is 24.9 Å². The average molecular weight is 258 g/mol. The molecule has 1 aromatic carbocycles. The minimum atomic E-state index is -0.524. The zero-order chi connectivity index (χ0) is 12.8. The lowest BCUT2D eigenvalue weighted by atomic mass is 10.1. The molecule has 0 heterocycles. The molecular weight excluding hydrogens is 245 g/mol. The van der Waals surface area contributed by atoms with Gasteiger partial charge in [-0.15, -0.1) is 0 Å². The van der Waals surface area contributed by atoms with Crippen molar-refractivity contribution in [3.63, 3.8) is 0 Å². The lowest BCUT2D eigenvalue weighted by molar-refractivity contribution is -0.121. The van der Waals surface area contributed by atoms with E-state index in [2.05, 4.69) is 5.32 Å². The quantitative estimate of drug-likeness (QED) is 0.815. The molecule has 0 aliphatic carbocycles. The van der Waals surface area contributed by atoms with Crippen molar-refractivity contribution in [1.29, 1.82) is 0 Å². The number of halogens is 2. The predicted octanol–water partition coefficient (Wildman–Crippen LogP) is 3.12. The number of amides is 1. The molecule has 0 aliphatic rings. The van der Waals surface area contributed by atoms with Crippen LogP contribution in [0.15, 0.2) is 30.5 Å². The Morgan fingerprint density at radius 1 is 1.65 bits per heavy atom. The summed E-state index contributed by atoms with van der Waals surface area (Å²) in [4.78, 5) is 11.3. The summed E-state index contributed by atoms with van der Waals surface area (Å²) in [5.74, 6) is -0.697. The average Bonchev–Trinajstić information content (AvgIpc) is 2.32. The van der Waals surface area contributed by atoms with Crippen LogP contribution in [0.2, 0.25) is 5.02 Å². The highest BCUT2D eigenvalue weighted by atomic mass is 35.5. The fraction of sp³-hybridized carbons (Fsp3) is 0.250. The number of benzene rings is 1. The molecule has 0 radical (unpaired) electrons. The van der Waals surface area contributed by atoms with Gasteiger partial charge in [-0.3, -0.25) is 4.79 Å². The van der Waals surface area contributed by atoms with E-state index in [1.807, 2.05) is 0 Å². The summed E-state index contributed by atoms with van der Waals surface area (Å²) < 4.78 is 13.0. The van der Waals surface area contributed by atoms with Crippen molar-refractivity contribution in [2.24, 2.45) is 0 Å². The second-order valence-corrected chi connectivity index (χ2v) is 3.82. The Hall–Kier alpha value is -1.55. The van der Waals surface area contributed by atoms with Crippen molar-refractivity contribution in [3.8, 4) is 0 Å². The first-order chi connectivity index (χ1) is 8.08. The van der Waals surface area contributed by atoms with Crippen molar-refractivity contribution in [3.05, 3.63) is 46.9 Å². The van der Waals surface area contributed by atoms with E-state index < -0.39 is 11.9 Å². The van der Waals surface area contributed by atoms with Crippen molar-refractivity contribution in [2.75, 3.05) is 0 Å². The number of aliphatic hydroxyl groups is 1. The van der Waals surface area contributed by atoms with Crippen LogP contribution in [0.4, 0.5) is 4.39 Å². The van der Waals surface area contributed by atoms with E-state index in [4.69, 9.17) is 16.7 Å². The Bertz CT molecular complexity index is 435. The number of hydrogen-bond acceptors (Lipinski definition) is 2. The second-order valence-electron chi connectivity index (χ2n) is 3.41. The van der Waals surface area contributed by atoms with Gasteiger partial charge in [0.25, 0.3) is 0 Å². The summed E-state index contributed by atoms with van der Waals surface area (Å²) in [7, 11) is 0. The molecule has 1 unspecified atom stereocenters. The highest BCUT2D eigenvalue weighted by Crippen LogP contribution is 2.21. The van der Waals surface area contributed by atoms with Gasteiger partial charge in [0.15, 0.2) is 0 Å². The summed E-state index contributed by atoms with van der Waals surface area (Å²) in [6.07, 6.45) is 2.54. The maximum Gasteiger partial charge on any atom is 0.220 e. The molecule has 92 valence electrons. The van der Waals surface area contributed by atoms with Crippen molar-refractivity contribution < 1.29 is 14.3 Å². The largest absolute Gasteiger partial charge is 0.516 e. The molecule has 0 saturated heterocycles. The minimum Gasteiger partial charge on any atom is -0.516 e. The van der Waals surface area contributed by atoms with Gasteiger partial charge in [-0.1, -0.05) is 24.6 Å². The smallest absolute Gasteiger partial charge is 0.220 e. The molecule has 1 rings (SSSR count). The van der Waals surface area contributed by atoms with E-state index in [0.717, 1.165) is 6.26 Å². The lowest BCUT2D eigenvalue weighted by Crippen LogP contribution is -2.26. The number of carbonyl (C=O) groups is 1. The molecule has 5 heteroatoms. The van der Waals surface area contributed by atoms with Crippen LogP contribution in [0.3, 0.4) is 0 Å². The fourth-order valence-electron chi connectivity index (χ4n) is 1.31. The Balaban J connectivity index is 2.96. The molecule has 2 N–H and O–H groups in total. The Morgan fingerprint density at radius 2 is 2.35 bits per heavy atom. The van der Waals surface area contributed by atoms with Crippen LogP contribution in [-0.2, 0) is 4.79 Å². The summed E-state index contributed by atoms with van der Waals surface area (Å²) >= 11 is 5.65. The molecule has 1 atom stereocenters. The lowest BCUT2D eigenvalue weighted by Gasteiger charge is -2.15. The third-order valence-corrected chi connectivity index (χ3v) is 2.51. The van der Waals surface area contributed by atoms with E-state index in [1.165, 1.54) is 24.3 Å². The summed E-state index contributed by atoms with van der Waals surface area (Å²) in [6.45, 7) is 1.71. The molecule has 0 aliphatic heterocycles. The molecule has 0 bridgehead atoms. The Morgan fingerprint density at radius 3 is 2.88 bits per heavy atom. The SMILES string of the molecule is CCC(=O)NC(/C=C/O)c1ccc(F)c(Cl)c1. The van der Waals surface area contributed by atoms with E-state index in [0.29, 0.717) is 12.0 Å². The van der Waals surface area contributed by atoms with Gasteiger partial charge in [0.2, 0.25) is 5.91 Å². The molecule has 0 saturated carbocycles. The van der Waals surface area contributed by atoms with Gasteiger partial charge in [0.05, 0.1) is 17.3 Å². The number of carbonyl (C=O) groups excluding carboxylic acids is 1. The normalized spacial score (nSPS) is 12.6. The summed E-state index contributed by atoms with van der Waals surface area (Å²) in [5.41, 5.74) is 0.600. The fourth-order valence-corrected chi connectivity index (χ4v) is 1.50. The molecule has 3 nitrogen and oxygen atoms in total. The van der Waals surface area contributed by atoms with Crippen LogP contribution >= 0.6 is 11.6 Å². The minimum absolute atomic E-state index is 0.0235. The number of hydrogen-bond donors (Lipinski definition) is 2. The third-order valence-electron chi connectivity index (χ3n) is 2.22. The van der Waals surface area contributed by atoms with Gasteiger partial charge in [-0.2, -0.15) is 0 Å². The molecule has 17 heavy (non-hydrogen) atoms. The highest BCUT2D eigenvalue weighted by molar-refractivity contribution is 6.30. The van der Waals surface area contributed by atoms with Gasteiger partial charge >= 0.3 is 0 Å². The zero-order valence-corrected chi connectivity index (χ0v) is 10.0. The van der Waals surface area contributed by atoms with E-state index in [9.17, 15) is 9.18 Å². The van der Waals surface area contributed by atoms with Crippen molar-refractivity contribution >= 4 is 17.5 Å². The van der Waals surface area contributed by atoms with Gasteiger partial charge in [0, 0.05) is 6.42 Å². The molecular formula is C12H13ClFNO2. The van der Waals surface area contributed by atoms with Crippen molar-refractivity contribution in [1.82, 2.24) is 5.32 Å². The first-order valence-electron chi connectivity index (χ1n) is 5.13. The number of nitrogens with one attached hydrogen (secondary N) is 1. The Kier molecular flexibility index (Phi) is 4.97. The van der Waals surface area contributed by atoms with Crippen LogP contribution in [0.25, 0.3) is 0 Å². The number of rotatable bonds is 4. The van der Waals surface area contributed by atoms with Crippen LogP contribution in [0.5, 0.6) is 0 Å². The van der Waals surface area contributed by atoms with E-state index in [1.54, 1.807) is 6.92 Å². The monoisotopic (exact) mass is 257 g/mol. The van der Waals surface area contributed by atoms with Gasteiger partial charge in [-0.25, -0.2) is 4.39 Å². The maximum absolute atomic E-state index is 13.0. The Labute approximate surface area is 104 Å². The molecule has 0 fully saturated rings. The first-order valence-corrected chi connectivity index (χ1v) is 5.51. The van der Waals surface area contributed by atoms with Crippen LogP contribution in [0, 0.1) is 5.82 Å². The van der Waals surface area contributed by atoms with Crippen LogP contribution < -0.4 is 5.32 Å². The molecule has 0 spiro atoms. The molecule has 1 aromatic rings. The van der Waals surface area contributed by atoms with Crippen molar-refractivity contribution in [2.45, 2.75) is 19.4 Å². The molecule has 0 aromatic heterocycles. The maximum atomic E-state index is 13.0. The van der Waals surface area contributed by atoms with Gasteiger partial charge < -0.3 is 10.4 Å². The zero-order valence-electron chi connectivity index (χ0n) is 9.28. The standard InChI is InChI=1S/C12H13ClFNO2/c1-2-12(17)15-11(5-6-16)8-3-4-10(14)9(13)7-8/h3-7,11,16H,2H2,1H3,(H,15,17)/b6-5+. The van der Waals surface area contributed by atoms with Crippen LogP contribution in [-0.4, -0.2) is 11.0 Å². The summed E-state index contributed by atoms with van der Waals surface area (Å²) in [5, 5.41) is 11.4. The number of aliphatic hydroxyl groups excluding tert-OH is 1. The van der Waals surface area contributed by atoms with Gasteiger partial charge in [0.1, 0.15) is 5.82 Å². The third kappa shape index (κ3) is 3.75. The summed E-state index contributed by atoms with van der Waals surface area (Å²) in [6, 6.07) is 3.61. The molecule has 1 amide bonds. The van der Waals surface area contributed by atoms with Gasteiger partial charge in [-0.05, 0) is 23.8 Å². The first kappa shape index (κ1) is 13.5. The second kappa shape index (κ2) is 6.25. The predicted molar refractivity (Wildman–Crippen MR) is 64.4 cm³/mol.